The second kappa shape index (κ2) is 12.2. The van der Waals surface area contributed by atoms with Crippen LogP contribution in [-0.4, -0.2) is 44.2 Å². The van der Waals surface area contributed by atoms with Gasteiger partial charge in [0.2, 0.25) is 5.91 Å². The van der Waals surface area contributed by atoms with Gasteiger partial charge in [-0.15, -0.1) is 0 Å². The van der Waals surface area contributed by atoms with Crippen molar-refractivity contribution in [2.75, 3.05) is 31.6 Å². The first-order chi connectivity index (χ1) is 12.5. The zero-order chi connectivity index (χ0) is 19.4. The van der Waals surface area contributed by atoms with Crippen LogP contribution in [0.5, 0.6) is 0 Å². The van der Waals surface area contributed by atoms with Crippen molar-refractivity contribution in [3.05, 3.63) is 30.1 Å². The van der Waals surface area contributed by atoms with Crippen molar-refractivity contribution >= 4 is 17.6 Å². The molecule has 0 spiro atoms. The number of aliphatic imine (C=N–C) groups is 1. The molecule has 1 amide bonds. The fraction of sp³-hybridized carbons (Fsp3) is 0.579. The van der Waals surface area contributed by atoms with Crippen molar-refractivity contribution < 1.29 is 13.9 Å². The molecular formula is C19H31FN4O2. The first kappa shape index (κ1) is 21.9. The number of nitrogens with one attached hydrogen (secondary N) is 3. The molecule has 0 aliphatic heterocycles. The molecule has 0 aromatic heterocycles. The Morgan fingerprint density at radius 3 is 2.46 bits per heavy atom. The van der Waals surface area contributed by atoms with Crippen molar-refractivity contribution in [1.82, 2.24) is 10.6 Å². The molecule has 0 saturated heterocycles. The van der Waals surface area contributed by atoms with Gasteiger partial charge in [0.25, 0.3) is 0 Å². The minimum atomic E-state index is -0.341. The summed E-state index contributed by atoms with van der Waals surface area (Å²) < 4.78 is 18.6. The molecule has 0 saturated carbocycles. The minimum Gasteiger partial charge on any atom is -0.378 e. The summed E-state index contributed by atoms with van der Waals surface area (Å²) in [5.74, 6) is 0.424. The van der Waals surface area contributed by atoms with E-state index < -0.39 is 0 Å². The number of guanidine groups is 1. The van der Waals surface area contributed by atoms with Crippen LogP contribution in [-0.2, 0) is 9.53 Å². The van der Waals surface area contributed by atoms with Crippen LogP contribution in [0.3, 0.4) is 0 Å². The van der Waals surface area contributed by atoms with Crippen LogP contribution in [0, 0.1) is 11.7 Å². The molecule has 7 heteroatoms. The van der Waals surface area contributed by atoms with Crippen molar-refractivity contribution in [2.24, 2.45) is 10.9 Å². The summed E-state index contributed by atoms with van der Waals surface area (Å²) in [5.41, 5.74) is 0.543. The number of halogens is 1. The van der Waals surface area contributed by atoms with Gasteiger partial charge in [0.05, 0.1) is 6.10 Å². The average Bonchev–Trinajstić information content (AvgIpc) is 2.60. The molecule has 146 valence electrons. The van der Waals surface area contributed by atoms with Crippen molar-refractivity contribution in [1.29, 1.82) is 0 Å². The molecule has 26 heavy (non-hydrogen) atoms. The van der Waals surface area contributed by atoms with Gasteiger partial charge >= 0.3 is 0 Å². The van der Waals surface area contributed by atoms with Gasteiger partial charge < -0.3 is 20.7 Å². The summed E-state index contributed by atoms with van der Waals surface area (Å²) in [6.07, 6.45) is 1.05. The SMILES string of the molecule is CCNC(=NCC(=O)Nc1ccc(F)cc1)NCCC(OCC)C(C)C. The van der Waals surface area contributed by atoms with Crippen molar-refractivity contribution in [3.63, 3.8) is 0 Å². The molecular weight excluding hydrogens is 335 g/mol. The Kier molecular flexibility index (Phi) is 10.3. The fourth-order valence-electron chi connectivity index (χ4n) is 2.38. The number of anilines is 1. The zero-order valence-electron chi connectivity index (χ0n) is 16.1. The minimum absolute atomic E-state index is 0.0220. The van der Waals surface area contributed by atoms with Crippen LogP contribution < -0.4 is 16.0 Å². The van der Waals surface area contributed by atoms with Gasteiger partial charge in [0, 0.05) is 25.4 Å². The van der Waals surface area contributed by atoms with Gasteiger partial charge in [0.1, 0.15) is 12.4 Å². The van der Waals surface area contributed by atoms with E-state index in [2.05, 4.69) is 34.8 Å². The van der Waals surface area contributed by atoms with E-state index in [4.69, 9.17) is 4.74 Å². The maximum Gasteiger partial charge on any atom is 0.246 e. The number of hydrogen-bond donors (Lipinski definition) is 3. The van der Waals surface area contributed by atoms with Crippen LogP contribution in [0.25, 0.3) is 0 Å². The van der Waals surface area contributed by atoms with Gasteiger partial charge in [-0.05, 0) is 50.5 Å². The highest BCUT2D eigenvalue weighted by Gasteiger charge is 2.13. The van der Waals surface area contributed by atoms with E-state index in [1.807, 2.05) is 13.8 Å². The summed E-state index contributed by atoms with van der Waals surface area (Å²) in [5, 5.41) is 9.02. The lowest BCUT2D eigenvalue weighted by Crippen LogP contribution is -2.40. The van der Waals surface area contributed by atoms with Gasteiger partial charge in [0.15, 0.2) is 5.96 Å². The predicted octanol–water partition coefficient (Wildman–Crippen LogP) is 2.77. The molecule has 1 aromatic rings. The Balaban J connectivity index is 2.48. The normalized spacial score (nSPS) is 12.8. The number of carbonyl (C=O) groups excluding carboxylic acids is 1. The summed E-state index contributed by atoms with van der Waals surface area (Å²) in [7, 11) is 0. The van der Waals surface area contributed by atoms with Gasteiger partial charge in [-0.3, -0.25) is 4.79 Å². The smallest absolute Gasteiger partial charge is 0.246 e. The molecule has 0 aliphatic rings. The first-order valence-electron chi connectivity index (χ1n) is 9.15. The number of carbonyl (C=O) groups is 1. The molecule has 1 unspecified atom stereocenters. The van der Waals surface area contributed by atoms with Crippen LogP contribution in [0.4, 0.5) is 10.1 Å². The predicted molar refractivity (Wildman–Crippen MR) is 104 cm³/mol. The average molecular weight is 366 g/mol. The maximum atomic E-state index is 12.9. The van der Waals surface area contributed by atoms with E-state index in [1.54, 1.807) is 0 Å². The lowest BCUT2D eigenvalue weighted by Gasteiger charge is -2.21. The number of hydrogen-bond acceptors (Lipinski definition) is 3. The lowest BCUT2D eigenvalue weighted by molar-refractivity contribution is -0.114. The second-order valence-corrected chi connectivity index (χ2v) is 6.20. The van der Waals surface area contributed by atoms with E-state index in [1.165, 1.54) is 24.3 Å². The number of benzene rings is 1. The highest BCUT2D eigenvalue weighted by molar-refractivity contribution is 5.94. The number of rotatable bonds is 10. The number of amides is 1. The summed E-state index contributed by atoms with van der Waals surface area (Å²) in [4.78, 5) is 16.3. The van der Waals surface area contributed by atoms with E-state index in [0.717, 1.165) is 6.42 Å². The topological polar surface area (TPSA) is 74.8 Å². The Morgan fingerprint density at radius 2 is 1.88 bits per heavy atom. The lowest BCUT2D eigenvalue weighted by atomic mass is 10.0. The summed E-state index contributed by atoms with van der Waals surface area (Å²) >= 11 is 0. The summed E-state index contributed by atoms with van der Waals surface area (Å²) in [6, 6.07) is 5.63. The van der Waals surface area contributed by atoms with Crippen molar-refractivity contribution in [2.45, 2.75) is 40.2 Å². The molecule has 0 fully saturated rings. The van der Waals surface area contributed by atoms with E-state index >= 15 is 0 Å². The third kappa shape index (κ3) is 8.80. The summed E-state index contributed by atoms with van der Waals surface area (Å²) in [6.45, 7) is 10.3. The monoisotopic (exact) mass is 366 g/mol. The Hall–Kier alpha value is -2.15. The van der Waals surface area contributed by atoms with Gasteiger partial charge in [-0.25, -0.2) is 9.38 Å². The third-order valence-electron chi connectivity index (χ3n) is 3.70. The molecule has 0 bridgehead atoms. The maximum absolute atomic E-state index is 12.9. The standard InChI is InChI=1S/C19H31FN4O2/c1-5-21-19(22-12-11-17(14(3)4)26-6-2)23-13-18(25)24-16-9-7-15(20)8-10-16/h7-10,14,17H,5-6,11-13H2,1-4H3,(H,24,25)(H2,21,22,23). The van der Waals surface area contributed by atoms with E-state index in [-0.39, 0.29) is 24.4 Å². The van der Waals surface area contributed by atoms with Gasteiger partial charge in [-0.1, -0.05) is 13.8 Å². The molecule has 1 aromatic carbocycles. The van der Waals surface area contributed by atoms with E-state index in [0.29, 0.717) is 37.3 Å². The number of nitrogens with zero attached hydrogens (tertiary/aromatic N) is 1. The quantitative estimate of drug-likeness (QED) is 0.440. The Bertz CT molecular complexity index is 561. The van der Waals surface area contributed by atoms with Crippen LogP contribution >= 0.6 is 0 Å². The third-order valence-corrected chi connectivity index (χ3v) is 3.70. The zero-order valence-corrected chi connectivity index (χ0v) is 16.1. The van der Waals surface area contributed by atoms with Crippen LogP contribution in [0.2, 0.25) is 0 Å². The molecule has 0 aliphatic carbocycles. The highest BCUT2D eigenvalue weighted by atomic mass is 19.1. The Labute approximate surface area is 155 Å². The molecule has 6 nitrogen and oxygen atoms in total. The van der Waals surface area contributed by atoms with E-state index in [9.17, 15) is 9.18 Å². The van der Waals surface area contributed by atoms with Crippen LogP contribution in [0.1, 0.15) is 34.1 Å². The number of ether oxygens (including phenoxy) is 1. The van der Waals surface area contributed by atoms with Crippen molar-refractivity contribution in [3.8, 4) is 0 Å². The first-order valence-corrected chi connectivity index (χ1v) is 9.15. The molecule has 0 radical (unpaired) electrons. The second-order valence-electron chi connectivity index (χ2n) is 6.20. The molecule has 1 atom stereocenters. The Morgan fingerprint density at radius 1 is 1.19 bits per heavy atom. The molecule has 3 N–H and O–H groups in total. The molecule has 0 heterocycles. The van der Waals surface area contributed by atoms with Crippen LogP contribution in [0.15, 0.2) is 29.3 Å². The highest BCUT2D eigenvalue weighted by Crippen LogP contribution is 2.10. The van der Waals surface area contributed by atoms with Gasteiger partial charge in [-0.2, -0.15) is 0 Å². The molecule has 1 rings (SSSR count). The fourth-order valence-corrected chi connectivity index (χ4v) is 2.38. The largest absolute Gasteiger partial charge is 0.378 e.